The highest BCUT2D eigenvalue weighted by atomic mass is 35.5. The van der Waals surface area contributed by atoms with E-state index in [0.717, 1.165) is 16.9 Å². The molecule has 0 heterocycles. The molecule has 0 spiro atoms. The number of hydrogen-bond donors (Lipinski definition) is 2. The molecule has 0 saturated heterocycles. The van der Waals surface area contributed by atoms with Crippen molar-refractivity contribution in [1.29, 1.82) is 0 Å². The highest BCUT2D eigenvalue weighted by molar-refractivity contribution is 7.80. The molecule has 0 fully saturated rings. The van der Waals surface area contributed by atoms with Gasteiger partial charge in [-0.1, -0.05) is 17.7 Å². The molecule has 132 valence electrons. The number of rotatable bonds is 5. The van der Waals surface area contributed by atoms with Crippen molar-refractivity contribution < 1.29 is 4.79 Å². The molecule has 0 aliphatic heterocycles. The van der Waals surface area contributed by atoms with E-state index in [4.69, 9.17) is 23.8 Å². The lowest BCUT2D eigenvalue weighted by atomic mass is 10.2. The predicted molar refractivity (Wildman–Crippen MR) is 110 cm³/mol. The number of nitrogens with zero attached hydrogens (tertiary/aromatic N) is 1. The van der Waals surface area contributed by atoms with Gasteiger partial charge < -0.3 is 15.5 Å². The van der Waals surface area contributed by atoms with Crippen LogP contribution in [-0.4, -0.2) is 29.0 Å². The van der Waals surface area contributed by atoms with E-state index in [0.29, 0.717) is 28.8 Å². The number of carbonyl (C=O) groups is 1. The third-order valence-electron chi connectivity index (χ3n) is 3.96. The van der Waals surface area contributed by atoms with E-state index in [2.05, 4.69) is 10.6 Å². The Morgan fingerprint density at radius 2 is 1.72 bits per heavy atom. The lowest BCUT2D eigenvalue weighted by Crippen LogP contribution is -2.30. The van der Waals surface area contributed by atoms with Gasteiger partial charge in [-0.05, 0) is 75.0 Å². The maximum absolute atomic E-state index is 12.3. The van der Waals surface area contributed by atoms with Gasteiger partial charge in [0.2, 0.25) is 0 Å². The SMILES string of the molecule is CCN(CC)C(=O)c1ccc(NC(=S)Nc2cccc(Cl)c2C)cc1. The Bertz CT molecular complexity index is 758. The molecule has 2 aromatic carbocycles. The smallest absolute Gasteiger partial charge is 0.253 e. The number of hydrogen-bond acceptors (Lipinski definition) is 2. The summed E-state index contributed by atoms with van der Waals surface area (Å²) in [5.74, 6) is 0.0341. The number of amides is 1. The van der Waals surface area contributed by atoms with Gasteiger partial charge in [-0.3, -0.25) is 4.79 Å². The van der Waals surface area contributed by atoms with Crippen molar-refractivity contribution in [2.45, 2.75) is 20.8 Å². The van der Waals surface area contributed by atoms with Crippen LogP contribution in [0.2, 0.25) is 5.02 Å². The molecule has 0 unspecified atom stereocenters. The highest BCUT2D eigenvalue weighted by Crippen LogP contribution is 2.23. The van der Waals surface area contributed by atoms with E-state index in [1.165, 1.54) is 0 Å². The molecule has 2 N–H and O–H groups in total. The fraction of sp³-hybridized carbons (Fsp3) is 0.263. The van der Waals surface area contributed by atoms with Gasteiger partial charge in [0.1, 0.15) is 0 Å². The number of halogens is 1. The minimum absolute atomic E-state index is 0.0341. The summed E-state index contributed by atoms with van der Waals surface area (Å²) in [6.45, 7) is 7.27. The van der Waals surface area contributed by atoms with Crippen LogP contribution in [0.4, 0.5) is 11.4 Å². The summed E-state index contributed by atoms with van der Waals surface area (Å²) in [6.07, 6.45) is 0. The second kappa shape index (κ2) is 8.83. The van der Waals surface area contributed by atoms with E-state index in [1.54, 1.807) is 17.0 Å². The lowest BCUT2D eigenvalue weighted by molar-refractivity contribution is 0.0773. The Balaban J connectivity index is 2.02. The average molecular weight is 376 g/mol. The zero-order valence-corrected chi connectivity index (χ0v) is 16.2. The molecule has 0 aliphatic carbocycles. The second-order valence-corrected chi connectivity index (χ2v) is 6.36. The van der Waals surface area contributed by atoms with Gasteiger partial charge in [0.25, 0.3) is 5.91 Å². The van der Waals surface area contributed by atoms with Crippen molar-refractivity contribution >= 4 is 46.2 Å². The topological polar surface area (TPSA) is 44.4 Å². The lowest BCUT2D eigenvalue weighted by Gasteiger charge is -2.19. The fourth-order valence-electron chi connectivity index (χ4n) is 2.42. The van der Waals surface area contributed by atoms with Crippen LogP contribution < -0.4 is 10.6 Å². The van der Waals surface area contributed by atoms with Gasteiger partial charge in [-0.25, -0.2) is 0 Å². The zero-order chi connectivity index (χ0) is 18.4. The first-order valence-corrected chi connectivity index (χ1v) is 8.97. The summed E-state index contributed by atoms with van der Waals surface area (Å²) in [5, 5.41) is 7.40. The largest absolute Gasteiger partial charge is 0.339 e. The molecule has 6 heteroatoms. The maximum Gasteiger partial charge on any atom is 0.253 e. The molecular formula is C19H22ClN3OS. The molecule has 0 atom stereocenters. The minimum Gasteiger partial charge on any atom is -0.339 e. The first kappa shape index (κ1) is 19.2. The van der Waals surface area contributed by atoms with Crippen LogP contribution in [-0.2, 0) is 0 Å². The molecule has 0 aromatic heterocycles. The number of benzene rings is 2. The summed E-state index contributed by atoms with van der Waals surface area (Å²) < 4.78 is 0. The van der Waals surface area contributed by atoms with Gasteiger partial charge in [0, 0.05) is 35.1 Å². The van der Waals surface area contributed by atoms with Gasteiger partial charge in [0.15, 0.2) is 5.11 Å². The Hall–Kier alpha value is -2.11. The summed E-state index contributed by atoms with van der Waals surface area (Å²) in [6, 6.07) is 12.9. The van der Waals surface area contributed by atoms with E-state index < -0.39 is 0 Å². The summed E-state index contributed by atoms with van der Waals surface area (Å²) in [4.78, 5) is 14.1. The predicted octanol–water partition coefficient (Wildman–Crippen LogP) is 4.94. The molecule has 2 rings (SSSR count). The monoisotopic (exact) mass is 375 g/mol. The van der Waals surface area contributed by atoms with Gasteiger partial charge in [-0.15, -0.1) is 0 Å². The summed E-state index contributed by atoms with van der Waals surface area (Å²) in [7, 11) is 0. The van der Waals surface area contributed by atoms with Crippen molar-refractivity contribution in [1.82, 2.24) is 4.90 Å². The first-order valence-electron chi connectivity index (χ1n) is 8.18. The molecule has 0 bridgehead atoms. The van der Waals surface area contributed by atoms with E-state index >= 15 is 0 Å². The standard InChI is InChI=1S/C19H22ClN3OS/c1-4-23(5-2)18(24)14-9-11-15(12-10-14)21-19(25)22-17-8-6-7-16(20)13(17)3/h6-12H,4-5H2,1-3H3,(H2,21,22,25). The number of nitrogens with one attached hydrogen (secondary N) is 2. The Labute approximate surface area is 159 Å². The van der Waals surface area contributed by atoms with Crippen LogP contribution in [0.3, 0.4) is 0 Å². The van der Waals surface area contributed by atoms with Crippen LogP contribution in [0.5, 0.6) is 0 Å². The van der Waals surface area contributed by atoms with Crippen LogP contribution in [0, 0.1) is 6.92 Å². The minimum atomic E-state index is 0.0341. The van der Waals surface area contributed by atoms with Crippen LogP contribution >= 0.6 is 23.8 Å². The molecule has 4 nitrogen and oxygen atoms in total. The normalized spacial score (nSPS) is 10.2. The Morgan fingerprint density at radius 1 is 1.08 bits per heavy atom. The molecule has 2 aromatic rings. The Kier molecular flexibility index (Phi) is 6.79. The molecule has 1 amide bonds. The maximum atomic E-state index is 12.3. The average Bonchev–Trinajstić information content (AvgIpc) is 2.60. The van der Waals surface area contributed by atoms with Crippen LogP contribution in [0.25, 0.3) is 0 Å². The molecule has 25 heavy (non-hydrogen) atoms. The second-order valence-electron chi connectivity index (χ2n) is 5.55. The van der Waals surface area contributed by atoms with Crippen molar-refractivity contribution in [3.05, 3.63) is 58.6 Å². The Morgan fingerprint density at radius 3 is 2.32 bits per heavy atom. The summed E-state index contributed by atoms with van der Waals surface area (Å²) in [5.41, 5.74) is 3.28. The van der Waals surface area contributed by atoms with Crippen molar-refractivity contribution in [2.24, 2.45) is 0 Å². The van der Waals surface area contributed by atoms with Crippen LogP contribution in [0.1, 0.15) is 29.8 Å². The third-order valence-corrected chi connectivity index (χ3v) is 4.57. The van der Waals surface area contributed by atoms with E-state index in [1.807, 2.05) is 51.1 Å². The number of carbonyl (C=O) groups excluding carboxylic acids is 1. The molecular weight excluding hydrogens is 354 g/mol. The highest BCUT2D eigenvalue weighted by Gasteiger charge is 2.12. The van der Waals surface area contributed by atoms with Gasteiger partial charge >= 0.3 is 0 Å². The fourth-order valence-corrected chi connectivity index (χ4v) is 2.82. The molecule has 0 aliphatic rings. The number of thiocarbonyl (C=S) groups is 1. The van der Waals surface area contributed by atoms with Crippen molar-refractivity contribution in [2.75, 3.05) is 23.7 Å². The van der Waals surface area contributed by atoms with Gasteiger partial charge in [-0.2, -0.15) is 0 Å². The number of anilines is 2. The quantitative estimate of drug-likeness (QED) is 0.726. The first-order chi connectivity index (χ1) is 12.0. The molecule has 0 radical (unpaired) electrons. The van der Waals surface area contributed by atoms with Gasteiger partial charge in [0.05, 0.1) is 0 Å². The third kappa shape index (κ3) is 4.94. The zero-order valence-electron chi connectivity index (χ0n) is 14.6. The van der Waals surface area contributed by atoms with E-state index in [-0.39, 0.29) is 5.91 Å². The molecule has 0 saturated carbocycles. The summed E-state index contributed by atoms with van der Waals surface area (Å²) >= 11 is 11.5. The van der Waals surface area contributed by atoms with E-state index in [9.17, 15) is 4.79 Å². The van der Waals surface area contributed by atoms with Crippen molar-refractivity contribution in [3.63, 3.8) is 0 Å². The van der Waals surface area contributed by atoms with Crippen molar-refractivity contribution in [3.8, 4) is 0 Å². The van der Waals surface area contributed by atoms with Crippen LogP contribution in [0.15, 0.2) is 42.5 Å².